The molecule has 0 unspecified atom stereocenters. The fraction of sp³-hybridized carbons (Fsp3) is 0.211. The van der Waals surface area contributed by atoms with Crippen molar-refractivity contribution in [2.45, 2.75) is 26.3 Å². The Kier molecular flexibility index (Phi) is 5.55. The molecule has 0 saturated carbocycles. The minimum Gasteiger partial charge on any atom is -0.268 e. The largest absolute Gasteiger partial charge is 0.290 e. The quantitative estimate of drug-likeness (QED) is 0.669. The van der Waals surface area contributed by atoms with Crippen molar-refractivity contribution in [1.29, 1.82) is 0 Å². The molecule has 1 aromatic carbocycles. The van der Waals surface area contributed by atoms with Crippen LogP contribution in [0.3, 0.4) is 0 Å². The number of amides is 2. The minimum atomic E-state index is -0.616. The first-order valence-electron chi connectivity index (χ1n) is 8.63. The first kappa shape index (κ1) is 18.2. The van der Waals surface area contributed by atoms with Crippen LogP contribution in [0.4, 0.5) is 0 Å². The lowest BCUT2D eigenvalue weighted by Crippen LogP contribution is -2.42. The molecule has 2 amide bonds. The third-order valence-corrected chi connectivity index (χ3v) is 3.94. The summed E-state index contributed by atoms with van der Waals surface area (Å²) in [5.74, 6) is -1.16. The number of aromatic nitrogens is 3. The smallest absolute Gasteiger partial charge is 0.268 e. The second-order valence-electron chi connectivity index (χ2n) is 5.93. The van der Waals surface area contributed by atoms with Crippen molar-refractivity contribution in [1.82, 2.24) is 25.6 Å². The Hall–Kier alpha value is -3.55. The van der Waals surface area contributed by atoms with Crippen LogP contribution in [-0.2, 0) is 6.54 Å². The van der Waals surface area contributed by atoms with Crippen molar-refractivity contribution in [2.75, 3.05) is 0 Å². The van der Waals surface area contributed by atoms with E-state index in [-0.39, 0.29) is 16.9 Å². The number of pyridine rings is 1. The van der Waals surface area contributed by atoms with Gasteiger partial charge in [0.15, 0.2) is 5.69 Å². The monoisotopic (exact) mass is 365 g/mol. The van der Waals surface area contributed by atoms with Crippen LogP contribution in [0.15, 0.2) is 53.3 Å². The molecule has 0 fully saturated rings. The molecule has 0 atom stereocenters. The number of hydrogen-bond donors (Lipinski definition) is 2. The van der Waals surface area contributed by atoms with Gasteiger partial charge >= 0.3 is 0 Å². The Morgan fingerprint density at radius 2 is 1.67 bits per heavy atom. The van der Waals surface area contributed by atoms with Crippen molar-refractivity contribution >= 4 is 22.7 Å². The number of benzene rings is 1. The van der Waals surface area contributed by atoms with E-state index in [0.717, 1.165) is 18.2 Å². The number of nitrogens with zero attached hydrogens (tertiary/aromatic N) is 3. The Morgan fingerprint density at radius 3 is 2.44 bits per heavy atom. The van der Waals surface area contributed by atoms with Crippen LogP contribution in [0, 0.1) is 0 Å². The molecule has 2 heterocycles. The summed E-state index contributed by atoms with van der Waals surface area (Å²) in [6.07, 6.45) is 1.68. The SMILES string of the molecule is CCCCn1nc(C(=O)NNC(=O)c2ccc3ccccc3n2)ccc1=O. The van der Waals surface area contributed by atoms with Crippen molar-refractivity contribution < 1.29 is 9.59 Å². The van der Waals surface area contributed by atoms with Gasteiger partial charge in [-0.05, 0) is 24.6 Å². The lowest BCUT2D eigenvalue weighted by molar-refractivity contribution is 0.0840. The first-order chi connectivity index (χ1) is 13.1. The second kappa shape index (κ2) is 8.22. The van der Waals surface area contributed by atoms with E-state index in [4.69, 9.17) is 0 Å². The highest BCUT2D eigenvalue weighted by atomic mass is 16.2. The third kappa shape index (κ3) is 4.35. The molecule has 0 bridgehead atoms. The van der Waals surface area contributed by atoms with Gasteiger partial charge in [-0.2, -0.15) is 5.10 Å². The van der Waals surface area contributed by atoms with Crippen LogP contribution in [0.5, 0.6) is 0 Å². The van der Waals surface area contributed by atoms with Crippen LogP contribution >= 0.6 is 0 Å². The normalized spacial score (nSPS) is 10.6. The third-order valence-electron chi connectivity index (χ3n) is 3.94. The summed E-state index contributed by atoms with van der Waals surface area (Å²) in [4.78, 5) is 40.4. The number of carbonyl (C=O) groups excluding carboxylic acids is 2. The topological polar surface area (TPSA) is 106 Å². The van der Waals surface area contributed by atoms with Gasteiger partial charge in [0.25, 0.3) is 17.4 Å². The van der Waals surface area contributed by atoms with Crippen LogP contribution in [0.2, 0.25) is 0 Å². The molecule has 8 heteroatoms. The highest BCUT2D eigenvalue weighted by molar-refractivity contribution is 5.98. The molecule has 27 heavy (non-hydrogen) atoms. The van der Waals surface area contributed by atoms with Gasteiger partial charge in [0, 0.05) is 18.0 Å². The number of para-hydroxylation sites is 1. The van der Waals surface area contributed by atoms with Gasteiger partial charge in [0.1, 0.15) is 5.69 Å². The molecule has 3 aromatic rings. The predicted molar refractivity (Wildman–Crippen MR) is 100 cm³/mol. The maximum atomic E-state index is 12.2. The van der Waals surface area contributed by atoms with Crippen LogP contribution in [0.1, 0.15) is 40.7 Å². The van der Waals surface area contributed by atoms with Gasteiger partial charge in [0.05, 0.1) is 5.52 Å². The first-order valence-corrected chi connectivity index (χ1v) is 8.63. The maximum absolute atomic E-state index is 12.2. The highest BCUT2D eigenvalue weighted by Gasteiger charge is 2.13. The van der Waals surface area contributed by atoms with E-state index in [0.29, 0.717) is 12.1 Å². The molecule has 2 N–H and O–H groups in total. The van der Waals surface area contributed by atoms with Gasteiger partial charge in [0.2, 0.25) is 0 Å². The van der Waals surface area contributed by atoms with Gasteiger partial charge in [-0.1, -0.05) is 37.6 Å². The van der Waals surface area contributed by atoms with Crippen molar-refractivity contribution in [3.8, 4) is 0 Å². The fourth-order valence-corrected chi connectivity index (χ4v) is 2.47. The van der Waals surface area contributed by atoms with Crippen LogP contribution in [-0.4, -0.2) is 26.6 Å². The number of aryl methyl sites for hydroxylation is 1. The van der Waals surface area contributed by atoms with Gasteiger partial charge < -0.3 is 0 Å². The Bertz CT molecular complexity index is 1040. The Labute approximate surface area is 155 Å². The summed E-state index contributed by atoms with van der Waals surface area (Å²) in [5, 5.41) is 4.94. The number of hydrogen-bond acceptors (Lipinski definition) is 5. The molecule has 8 nitrogen and oxygen atoms in total. The summed E-state index contributed by atoms with van der Waals surface area (Å²) >= 11 is 0. The van der Waals surface area contributed by atoms with Crippen molar-refractivity contribution in [3.63, 3.8) is 0 Å². The number of nitrogens with one attached hydrogen (secondary N) is 2. The van der Waals surface area contributed by atoms with E-state index in [1.807, 2.05) is 25.1 Å². The molecule has 0 aliphatic heterocycles. The maximum Gasteiger partial charge on any atom is 0.290 e. The standard InChI is InChI=1S/C19H19N5O3/c1-2-3-12-24-17(25)11-10-16(23-24)19(27)22-21-18(26)15-9-8-13-6-4-5-7-14(13)20-15/h4-11H,2-3,12H2,1H3,(H,21,26)(H,22,27). The van der Waals surface area contributed by atoms with E-state index >= 15 is 0 Å². The van der Waals surface area contributed by atoms with E-state index in [1.54, 1.807) is 18.2 Å². The van der Waals surface area contributed by atoms with Crippen LogP contribution in [0.25, 0.3) is 10.9 Å². The summed E-state index contributed by atoms with van der Waals surface area (Å²) < 4.78 is 1.24. The molecule has 0 saturated heterocycles. The molecule has 2 aromatic heterocycles. The molecule has 3 rings (SSSR count). The number of fused-ring (bicyclic) bond motifs is 1. The lowest BCUT2D eigenvalue weighted by Gasteiger charge is -2.09. The molecule has 0 spiro atoms. The van der Waals surface area contributed by atoms with Crippen molar-refractivity contribution in [2.24, 2.45) is 0 Å². The molecule has 0 aliphatic rings. The summed E-state index contributed by atoms with van der Waals surface area (Å²) in [5.41, 5.74) is 5.23. The predicted octanol–water partition coefficient (Wildman–Crippen LogP) is 1.67. The fourth-order valence-electron chi connectivity index (χ4n) is 2.47. The van der Waals surface area contributed by atoms with E-state index in [2.05, 4.69) is 20.9 Å². The van der Waals surface area contributed by atoms with E-state index in [1.165, 1.54) is 16.8 Å². The zero-order valence-corrected chi connectivity index (χ0v) is 14.8. The molecule has 0 aliphatic carbocycles. The Morgan fingerprint density at radius 1 is 0.963 bits per heavy atom. The van der Waals surface area contributed by atoms with E-state index < -0.39 is 11.8 Å². The Balaban J connectivity index is 1.67. The number of hydrazine groups is 1. The number of rotatable bonds is 5. The minimum absolute atomic E-state index is 0.0393. The molecular weight excluding hydrogens is 346 g/mol. The molecular formula is C19H19N5O3. The number of carbonyl (C=O) groups is 2. The average Bonchev–Trinajstić information content (AvgIpc) is 2.70. The van der Waals surface area contributed by atoms with Gasteiger partial charge in [-0.3, -0.25) is 25.2 Å². The summed E-state index contributed by atoms with van der Waals surface area (Å²) in [7, 11) is 0. The lowest BCUT2D eigenvalue weighted by atomic mass is 10.2. The second-order valence-corrected chi connectivity index (χ2v) is 5.93. The zero-order valence-electron chi connectivity index (χ0n) is 14.8. The van der Waals surface area contributed by atoms with E-state index in [9.17, 15) is 14.4 Å². The zero-order chi connectivity index (χ0) is 19.2. The van der Waals surface area contributed by atoms with Crippen molar-refractivity contribution in [3.05, 3.63) is 70.3 Å². The van der Waals surface area contributed by atoms with Crippen LogP contribution < -0.4 is 16.4 Å². The summed E-state index contributed by atoms with van der Waals surface area (Å²) in [6, 6.07) is 13.4. The summed E-state index contributed by atoms with van der Waals surface area (Å²) in [6.45, 7) is 2.43. The average molecular weight is 365 g/mol. The van der Waals surface area contributed by atoms with Gasteiger partial charge in [-0.15, -0.1) is 0 Å². The number of unbranched alkanes of at least 4 members (excludes halogenated alkanes) is 1. The van der Waals surface area contributed by atoms with Gasteiger partial charge in [-0.25, -0.2) is 9.67 Å². The highest BCUT2D eigenvalue weighted by Crippen LogP contribution is 2.11. The molecule has 138 valence electrons. The molecule has 0 radical (unpaired) electrons.